The van der Waals surface area contributed by atoms with E-state index in [1.807, 2.05) is 0 Å². The van der Waals surface area contributed by atoms with E-state index in [9.17, 15) is 14.9 Å². The first kappa shape index (κ1) is 15.7. The van der Waals surface area contributed by atoms with E-state index < -0.39 is 4.92 Å². The summed E-state index contributed by atoms with van der Waals surface area (Å²) >= 11 is 0. The van der Waals surface area contributed by atoms with Crippen molar-refractivity contribution in [3.05, 3.63) is 28.3 Å². The number of hydrogen-bond acceptors (Lipinski definition) is 6. The van der Waals surface area contributed by atoms with Gasteiger partial charge in [-0.05, 0) is 6.92 Å². The van der Waals surface area contributed by atoms with Crippen LogP contribution in [0.4, 0.5) is 11.4 Å². The van der Waals surface area contributed by atoms with Gasteiger partial charge < -0.3 is 14.4 Å². The van der Waals surface area contributed by atoms with Crippen LogP contribution in [-0.4, -0.2) is 38.2 Å². The van der Waals surface area contributed by atoms with Crippen molar-refractivity contribution < 1.29 is 19.2 Å². The number of ether oxygens (including phenoxy) is 2. The molecule has 0 saturated carbocycles. The molecular formula is C13H18N2O5. The lowest BCUT2D eigenvalue weighted by Crippen LogP contribution is -2.22. The smallest absolute Gasteiger partial charge is 0.307 e. The summed E-state index contributed by atoms with van der Waals surface area (Å²) in [6, 6.07) is 4.47. The number of nitrogens with zero attached hydrogens (tertiary/aromatic N) is 2. The number of carbonyl (C=O) groups excluding carboxylic acids is 1. The number of non-ortho nitro benzene ring substituents is 1. The van der Waals surface area contributed by atoms with Gasteiger partial charge in [0.05, 0.1) is 31.1 Å². The largest absolute Gasteiger partial charge is 0.496 e. The molecule has 0 bridgehead atoms. The maximum Gasteiger partial charge on any atom is 0.307 e. The normalized spacial score (nSPS) is 9.95. The van der Waals surface area contributed by atoms with E-state index in [0.29, 0.717) is 24.6 Å². The second-order valence-electron chi connectivity index (χ2n) is 4.12. The maximum absolute atomic E-state index is 11.3. The molecule has 0 aliphatic heterocycles. The number of hydrogen-bond donors (Lipinski definition) is 0. The van der Waals surface area contributed by atoms with Crippen LogP contribution in [0, 0.1) is 10.1 Å². The van der Waals surface area contributed by atoms with Gasteiger partial charge in [-0.15, -0.1) is 0 Å². The summed E-state index contributed by atoms with van der Waals surface area (Å²) in [6.45, 7) is 2.49. The molecule has 0 amide bonds. The van der Waals surface area contributed by atoms with Crippen LogP contribution in [0.15, 0.2) is 18.2 Å². The molecule has 0 aliphatic carbocycles. The number of carbonyl (C=O) groups is 1. The highest BCUT2D eigenvalue weighted by Crippen LogP contribution is 2.27. The Morgan fingerprint density at radius 2 is 2.10 bits per heavy atom. The first-order valence-electron chi connectivity index (χ1n) is 6.18. The van der Waals surface area contributed by atoms with Crippen LogP contribution in [0.3, 0.4) is 0 Å². The quantitative estimate of drug-likeness (QED) is 0.432. The van der Waals surface area contributed by atoms with Gasteiger partial charge in [0.25, 0.3) is 5.69 Å². The molecule has 0 fully saturated rings. The van der Waals surface area contributed by atoms with Crippen LogP contribution in [0.25, 0.3) is 0 Å². The van der Waals surface area contributed by atoms with Gasteiger partial charge in [0.1, 0.15) is 5.75 Å². The Balaban J connectivity index is 2.81. The van der Waals surface area contributed by atoms with E-state index in [-0.39, 0.29) is 18.1 Å². The molecule has 110 valence electrons. The van der Waals surface area contributed by atoms with E-state index >= 15 is 0 Å². The van der Waals surface area contributed by atoms with Crippen LogP contribution in [0.2, 0.25) is 0 Å². The average Bonchev–Trinajstić information content (AvgIpc) is 2.44. The zero-order valence-corrected chi connectivity index (χ0v) is 11.8. The monoisotopic (exact) mass is 282 g/mol. The molecule has 0 aromatic heterocycles. The minimum absolute atomic E-state index is 0.0534. The Labute approximate surface area is 117 Å². The number of anilines is 1. The Hall–Kier alpha value is -2.31. The fourth-order valence-electron chi connectivity index (χ4n) is 1.63. The summed E-state index contributed by atoms with van der Waals surface area (Å²) < 4.78 is 9.87. The Morgan fingerprint density at radius 1 is 1.40 bits per heavy atom. The molecule has 20 heavy (non-hydrogen) atoms. The van der Waals surface area contributed by atoms with Crippen LogP contribution >= 0.6 is 0 Å². The molecule has 1 rings (SSSR count). The molecule has 1 aromatic rings. The number of methoxy groups -OCH3 is 1. The Bertz CT molecular complexity index is 490. The molecule has 0 spiro atoms. The summed E-state index contributed by atoms with van der Waals surface area (Å²) in [5.74, 6) is 0.105. The molecule has 0 N–H and O–H groups in total. The summed E-state index contributed by atoms with van der Waals surface area (Å²) in [4.78, 5) is 23.4. The third-order valence-corrected chi connectivity index (χ3v) is 2.72. The third-order valence-electron chi connectivity index (χ3n) is 2.72. The first-order valence-corrected chi connectivity index (χ1v) is 6.18. The SMILES string of the molecule is CCOC(=O)CCN(C)c1cc(OC)cc([N+](=O)[O-])c1. The molecule has 0 saturated heterocycles. The molecule has 0 aliphatic rings. The number of nitro groups is 1. The maximum atomic E-state index is 11.3. The molecular weight excluding hydrogens is 264 g/mol. The van der Waals surface area contributed by atoms with Gasteiger partial charge in [-0.3, -0.25) is 14.9 Å². The number of esters is 1. The standard InChI is InChI=1S/C13H18N2O5/c1-4-20-13(16)5-6-14(2)10-7-11(15(17)18)9-12(8-10)19-3/h7-9H,4-6H2,1-3H3. The minimum atomic E-state index is -0.481. The predicted molar refractivity (Wildman–Crippen MR) is 74.2 cm³/mol. The van der Waals surface area contributed by atoms with Gasteiger partial charge in [-0.1, -0.05) is 0 Å². The van der Waals surface area contributed by atoms with E-state index in [0.717, 1.165) is 0 Å². The molecule has 0 atom stereocenters. The highest BCUT2D eigenvalue weighted by Gasteiger charge is 2.13. The van der Waals surface area contributed by atoms with Crippen LogP contribution in [-0.2, 0) is 9.53 Å². The first-order chi connectivity index (χ1) is 9.47. The third kappa shape index (κ3) is 4.42. The lowest BCUT2D eigenvalue weighted by Gasteiger charge is -2.19. The van der Waals surface area contributed by atoms with Gasteiger partial charge in [0.2, 0.25) is 0 Å². The molecule has 7 nitrogen and oxygen atoms in total. The van der Waals surface area contributed by atoms with Crippen molar-refractivity contribution in [2.45, 2.75) is 13.3 Å². The van der Waals surface area contributed by atoms with E-state index in [2.05, 4.69) is 0 Å². The zero-order valence-electron chi connectivity index (χ0n) is 11.8. The van der Waals surface area contributed by atoms with Crippen molar-refractivity contribution in [2.75, 3.05) is 32.2 Å². The zero-order chi connectivity index (χ0) is 15.1. The summed E-state index contributed by atoms with van der Waals surface area (Å²) in [7, 11) is 3.19. The van der Waals surface area contributed by atoms with Crippen molar-refractivity contribution in [3.8, 4) is 5.75 Å². The predicted octanol–water partition coefficient (Wildman–Crippen LogP) is 1.99. The van der Waals surface area contributed by atoms with Crippen molar-refractivity contribution in [3.63, 3.8) is 0 Å². The summed E-state index contributed by atoms with van der Waals surface area (Å²) in [5.41, 5.74) is 0.558. The molecule has 0 heterocycles. The second kappa shape index (κ2) is 7.32. The van der Waals surface area contributed by atoms with Gasteiger partial charge in [-0.2, -0.15) is 0 Å². The summed E-state index contributed by atoms with van der Waals surface area (Å²) in [5, 5.41) is 10.9. The van der Waals surface area contributed by atoms with Crippen molar-refractivity contribution >= 4 is 17.3 Å². The highest BCUT2D eigenvalue weighted by atomic mass is 16.6. The van der Waals surface area contributed by atoms with E-state index in [1.165, 1.54) is 19.2 Å². The van der Waals surface area contributed by atoms with Crippen molar-refractivity contribution in [1.82, 2.24) is 0 Å². The lowest BCUT2D eigenvalue weighted by atomic mass is 10.2. The Kier molecular flexibility index (Phi) is 5.76. The van der Waals surface area contributed by atoms with Crippen molar-refractivity contribution in [2.24, 2.45) is 0 Å². The van der Waals surface area contributed by atoms with Crippen LogP contribution in [0.1, 0.15) is 13.3 Å². The summed E-state index contributed by atoms with van der Waals surface area (Å²) in [6.07, 6.45) is 0.218. The number of benzene rings is 1. The van der Waals surface area contributed by atoms with Gasteiger partial charge >= 0.3 is 5.97 Å². The van der Waals surface area contributed by atoms with E-state index in [4.69, 9.17) is 9.47 Å². The van der Waals surface area contributed by atoms with Gasteiger partial charge in [0, 0.05) is 31.4 Å². The van der Waals surface area contributed by atoms with Gasteiger partial charge in [-0.25, -0.2) is 0 Å². The number of nitro benzene ring substituents is 1. The fraction of sp³-hybridized carbons (Fsp3) is 0.462. The minimum Gasteiger partial charge on any atom is -0.496 e. The Morgan fingerprint density at radius 3 is 2.65 bits per heavy atom. The molecule has 7 heteroatoms. The van der Waals surface area contributed by atoms with Crippen molar-refractivity contribution in [1.29, 1.82) is 0 Å². The second-order valence-corrected chi connectivity index (χ2v) is 4.12. The molecule has 0 radical (unpaired) electrons. The highest BCUT2D eigenvalue weighted by molar-refractivity contribution is 5.70. The average molecular weight is 282 g/mol. The topological polar surface area (TPSA) is 81.9 Å². The lowest BCUT2D eigenvalue weighted by molar-refractivity contribution is -0.384. The van der Waals surface area contributed by atoms with Crippen LogP contribution in [0.5, 0.6) is 5.75 Å². The fourth-order valence-corrected chi connectivity index (χ4v) is 1.63. The van der Waals surface area contributed by atoms with Gasteiger partial charge in [0.15, 0.2) is 0 Å². The van der Waals surface area contributed by atoms with E-state index in [1.54, 1.807) is 24.9 Å². The molecule has 1 aromatic carbocycles. The van der Waals surface area contributed by atoms with Crippen LogP contribution < -0.4 is 9.64 Å². The molecule has 0 unspecified atom stereocenters. The number of rotatable bonds is 7.